The van der Waals surface area contributed by atoms with Gasteiger partial charge in [-0.15, -0.1) is 0 Å². The minimum absolute atomic E-state index is 0.0111. The molecule has 0 aromatic heterocycles. The minimum atomic E-state index is -0.971. The highest BCUT2D eigenvalue weighted by Gasteiger charge is 2.37. The lowest BCUT2D eigenvalue weighted by Crippen LogP contribution is -2.58. The Labute approximate surface area is 111 Å². The number of hydrogen-bond donors (Lipinski definition) is 2. The van der Waals surface area contributed by atoms with Crippen molar-refractivity contribution < 1.29 is 19.5 Å². The molecule has 0 aliphatic carbocycles. The second-order valence-corrected chi connectivity index (χ2v) is 5.23. The summed E-state index contributed by atoms with van der Waals surface area (Å²) in [4.78, 5) is 37.7. The standard InChI is InChI=1S/C12H19N3O4/c1-8-2-4-15(9(6-8)11(17)18)12(19)14-5-3-13-10(16)7-14/h8-9H,2-7H2,1H3,(H,13,16)(H,17,18). The van der Waals surface area contributed by atoms with Gasteiger partial charge in [0.05, 0.1) is 0 Å². The summed E-state index contributed by atoms with van der Waals surface area (Å²) in [5, 5.41) is 11.9. The summed E-state index contributed by atoms with van der Waals surface area (Å²) in [6, 6.07) is -1.12. The number of nitrogens with zero attached hydrogens (tertiary/aromatic N) is 2. The molecule has 2 atom stereocenters. The van der Waals surface area contributed by atoms with Gasteiger partial charge >= 0.3 is 12.0 Å². The molecule has 0 aromatic rings. The number of urea groups is 1. The molecule has 0 radical (unpaired) electrons. The first-order valence-corrected chi connectivity index (χ1v) is 6.54. The smallest absolute Gasteiger partial charge is 0.326 e. The number of piperidine rings is 1. The van der Waals surface area contributed by atoms with Gasteiger partial charge in [-0.2, -0.15) is 0 Å². The zero-order chi connectivity index (χ0) is 14.0. The third kappa shape index (κ3) is 2.97. The molecule has 2 aliphatic rings. The average molecular weight is 269 g/mol. The topological polar surface area (TPSA) is 90.0 Å². The third-order valence-electron chi connectivity index (χ3n) is 3.70. The van der Waals surface area contributed by atoms with Crippen LogP contribution in [0.4, 0.5) is 4.79 Å². The van der Waals surface area contributed by atoms with Crippen LogP contribution < -0.4 is 5.32 Å². The maximum absolute atomic E-state index is 12.3. The monoisotopic (exact) mass is 269 g/mol. The number of carbonyl (C=O) groups is 3. The van der Waals surface area contributed by atoms with E-state index in [2.05, 4.69) is 5.32 Å². The number of carboxylic acids is 1. The fourth-order valence-electron chi connectivity index (χ4n) is 2.59. The van der Waals surface area contributed by atoms with E-state index in [0.29, 0.717) is 32.0 Å². The number of piperazine rings is 1. The van der Waals surface area contributed by atoms with Crippen molar-refractivity contribution in [1.82, 2.24) is 15.1 Å². The lowest BCUT2D eigenvalue weighted by atomic mass is 9.92. The highest BCUT2D eigenvalue weighted by Crippen LogP contribution is 2.24. The predicted octanol–water partition coefficient (Wildman–Crippen LogP) is -0.277. The van der Waals surface area contributed by atoms with Crippen LogP contribution in [0.15, 0.2) is 0 Å². The second kappa shape index (κ2) is 5.46. The third-order valence-corrected chi connectivity index (χ3v) is 3.70. The van der Waals surface area contributed by atoms with E-state index < -0.39 is 12.0 Å². The summed E-state index contributed by atoms with van der Waals surface area (Å²) in [6.45, 7) is 3.30. The number of aliphatic carboxylic acids is 1. The van der Waals surface area contributed by atoms with Gasteiger partial charge in [-0.1, -0.05) is 6.92 Å². The lowest BCUT2D eigenvalue weighted by Gasteiger charge is -2.39. The van der Waals surface area contributed by atoms with Crippen molar-refractivity contribution in [3.63, 3.8) is 0 Å². The Balaban J connectivity index is 2.07. The summed E-state index contributed by atoms with van der Waals surface area (Å²) in [5.41, 5.74) is 0. The highest BCUT2D eigenvalue weighted by molar-refractivity contribution is 5.87. The van der Waals surface area contributed by atoms with Crippen molar-refractivity contribution in [1.29, 1.82) is 0 Å². The van der Waals surface area contributed by atoms with Crippen LogP contribution in [0.25, 0.3) is 0 Å². The molecule has 2 fully saturated rings. The number of nitrogens with one attached hydrogen (secondary N) is 1. The molecular formula is C12H19N3O4. The van der Waals surface area contributed by atoms with Crippen molar-refractivity contribution in [2.75, 3.05) is 26.2 Å². The molecule has 19 heavy (non-hydrogen) atoms. The molecule has 0 bridgehead atoms. The fourth-order valence-corrected chi connectivity index (χ4v) is 2.59. The quantitative estimate of drug-likeness (QED) is 0.685. The number of carboxylic acid groups (broad SMARTS) is 1. The van der Waals surface area contributed by atoms with Crippen LogP contribution in [0, 0.1) is 5.92 Å². The molecule has 2 unspecified atom stereocenters. The Hall–Kier alpha value is -1.79. The number of carbonyl (C=O) groups excluding carboxylic acids is 2. The highest BCUT2D eigenvalue weighted by atomic mass is 16.4. The van der Waals surface area contributed by atoms with E-state index >= 15 is 0 Å². The van der Waals surface area contributed by atoms with Crippen LogP contribution in [-0.4, -0.2) is 65.0 Å². The number of likely N-dealkylation sites (tertiary alicyclic amines) is 1. The minimum Gasteiger partial charge on any atom is -0.480 e. The van der Waals surface area contributed by atoms with E-state index in [9.17, 15) is 19.5 Å². The molecular weight excluding hydrogens is 250 g/mol. The molecule has 2 saturated heterocycles. The SMILES string of the molecule is CC1CCN(C(=O)N2CCNC(=O)C2)C(C(=O)O)C1. The molecule has 7 heteroatoms. The van der Waals surface area contributed by atoms with Gasteiger partial charge in [0.1, 0.15) is 12.6 Å². The van der Waals surface area contributed by atoms with Gasteiger partial charge in [0, 0.05) is 19.6 Å². The first-order valence-electron chi connectivity index (χ1n) is 6.54. The van der Waals surface area contributed by atoms with E-state index in [1.54, 1.807) is 0 Å². The van der Waals surface area contributed by atoms with Gasteiger partial charge in [0.25, 0.3) is 0 Å². The van der Waals surface area contributed by atoms with E-state index in [4.69, 9.17) is 0 Å². The van der Waals surface area contributed by atoms with Gasteiger partial charge in [0.2, 0.25) is 5.91 Å². The van der Waals surface area contributed by atoms with E-state index in [-0.39, 0.29) is 18.5 Å². The Kier molecular flexibility index (Phi) is 3.92. The van der Waals surface area contributed by atoms with Gasteiger partial charge in [-0.25, -0.2) is 9.59 Å². The number of amides is 3. The first-order chi connectivity index (χ1) is 8.99. The maximum atomic E-state index is 12.3. The lowest BCUT2D eigenvalue weighted by molar-refractivity contribution is -0.144. The molecule has 2 heterocycles. The van der Waals surface area contributed by atoms with Crippen molar-refractivity contribution in [3.8, 4) is 0 Å². The summed E-state index contributed by atoms with van der Waals surface area (Å²) in [5.74, 6) is -0.868. The van der Waals surface area contributed by atoms with Crippen LogP contribution in [0.5, 0.6) is 0 Å². The van der Waals surface area contributed by atoms with Gasteiger partial charge in [0.15, 0.2) is 0 Å². The normalized spacial score (nSPS) is 27.9. The molecule has 106 valence electrons. The van der Waals surface area contributed by atoms with Crippen molar-refractivity contribution >= 4 is 17.9 Å². The molecule has 0 spiro atoms. The van der Waals surface area contributed by atoms with Gasteiger partial charge in [-0.05, 0) is 18.8 Å². The Morgan fingerprint density at radius 3 is 2.74 bits per heavy atom. The predicted molar refractivity (Wildman–Crippen MR) is 66.5 cm³/mol. The van der Waals surface area contributed by atoms with Crippen LogP contribution in [0.1, 0.15) is 19.8 Å². The molecule has 2 N–H and O–H groups in total. The van der Waals surface area contributed by atoms with Crippen LogP contribution in [-0.2, 0) is 9.59 Å². The van der Waals surface area contributed by atoms with Crippen LogP contribution >= 0.6 is 0 Å². The van der Waals surface area contributed by atoms with Gasteiger partial charge in [-0.3, -0.25) is 4.79 Å². The Morgan fingerprint density at radius 1 is 1.37 bits per heavy atom. The Morgan fingerprint density at radius 2 is 2.11 bits per heavy atom. The van der Waals surface area contributed by atoms with Crippen molar-refractivity contribution in [2.45, 2.75) is 25.8 Å². The zero-order valence-corrected chi connectivity index (χ0v) is 11.0. The first kappa shape index (κ1) is 13.6. The molecule has 2 aliphatic heterocycles. The summed E-state index contributed by atoms with van der Waals surface area (Å²) in [7, 11) is 0. The number of rotatable bonds is 1. The largest absolute Gasteiger partial charge is 0.480 e. The summed E-state index contributed by atoms with van der Waals surface area (Å²) >= 11 is 0. The summed E-state index contributed by atoms with van der Waals surface area (Å²) in [6.07, 6.45) is 1.27. The second-order valence-electron chi connectivity index (χ2n) is 5.23. The molecule has 2 rings (SSSR count). The van der Waals surface area contributed by atoms with Crippen LogP contribution in [0.2, 0.25) is 0 Å². The molecule has 0 saturated carbocycles. The number of hydrogen-bond acceptors (Lipinski definition) is 3. The average Bonchev–Trinajstić information content (AvgIpc) is 2.37. The Bertz CT molecular complexity index is 398. The maximum Gasteiger partial charge on any atom is 0.326 e. The van der Waals surface area contributed by atoms with E-state index in [1.807, 2.05) is 6.92 Å². The van der Waals surface area contributed by atoms with Crippen LogP contribution in [0.3, 0.4) is 0 Å². The molecule has 7 nitrogen and oxygen atoms in total. The molecule has 3 amide bonds. The fraction of sp³-hybridized carbons (Fsp3) is 0.750. The zero-order valence-electron chi connectivity index (χ0n) is 11.0. The molecule has 0 aromatic carbocycles. The van der Waals surface area contributed by atoms with E-state index in [1.165, 1.54) is 9.80 Å². The van der Waals surface area contributed by atoms with Gasteiger partial charge < -0.3 is 20.2 Å². The van der Waals surface area contributed by atoms with Crippen molar-refractivity contribution in [3.05, 3.63) is 0 Å². The van der Waals surface area contributed by atoms with E-state index in [0.717, 1.165) is 6.42 Å². The summed E-state index contributed by atoms with van der Waals surface area (Å²) < 4.78 is 0. The van der Waals surface area contributed by atoms with Crippen molar-refractivity contribution in [2.24, 2.45) is 5.92 Å².